The highest BCUT2D eigenvalue weighted by Gasteiger charge is 2.14. The first kappa shape index (κ1) is 20.4. The molecule has 0 spiro atoms. The standard InChI is InChI=1S/C24H25NO4/c1-17-6-4-5-7-19(17)14-24(27)29-16-23(26)25(2)15-18-8-9-21-13-22(28-3)11-10-20(21)12-18/h4-13H,14-16H2,1-3H3. The van der Waals surface area contributed by atoms with Crippen LogP contribution in [0.15, 0.2) is 60.7 Å². The van der Waals surface area contributed by atoms with Crippen LogP contribution in [0.2, 0.25) is 0 Å². The van der Waals surface area contributed by atoms with Crippen molar-refractivity contribution in [1.82, 2.24) is 4.90 Å². The van der Waals surface area contributed by atoms with Crippen LogP contribution in [-0.4, -0.2) is 37.5 Å². The number of carbonyl (C=O) groups is 2. The Bertz CT molecular complexity index is 1030. The molecular formula is C24H25NO4. The largest absolute Gasteiger partial charge is 0.497 e. The molecule has 5 nitrogen and oxygen atoms in total. The highest BCUT2D eigenvalue weighted by Crippen LogP contribution is 2.22. The van der Waals surface area contributed by atoms with Gasteiger partial charge in [-0.25, -0.2) is 0 Å². The Kier molecular flexibility index (Phi) is 6.50. The highest BCUT2D eigenvalue weighted by molar-refractivity contribution is 5.85. The molecule has 5 heteroatoms. The third-order valence-electron chi connectivity index (χ3n) is 4.91. The normalized spacial score (nSPS) is 10.6. The highest BCUT2D eigenvalue weighted by atomic mass is 16.5. The second kappa shape index (κ2) is 9.24. The van der Waals surface area contributed by atoms with E-state index < -0.39 is 5.97 Å². The zero-order chi connectivity index (χ0) is 20.8. The maximum absolute atomic E-state index is 12.4. The summed E-state index contributed by atoms with van der Waals surface area (Å²) >= 11 is 0. The van der Waals surface area contributed by atoms with Crippen molar-refractivity contribution in [1.29, 1.82) is 0 Å². The summed E-state index contributed by atoms with van der Waals surface area (Å²) in [6.07, 6.45) is 0.164. The van der Waals surface area contributed by atoms with Crippen LogP contribution in [0.4, 0.5) is 0 Å². The number of hydrogen-bond acceptors (Lipinski definition) is 4. The van der Waals surface area contributed by atoms with Crippen molar-refractivity contribution in [2.45, 2.75) is 19.9 Å². The number of esters is 1. The van der Waals surface area contributed by atoms with Gasteiger partial charge in [0.25, 0.3) is 5.91 Å². The van der Waals surface area contributed by atoms with E-state index in [1.165, 1.54) is 0 Å². The summed E-state index contributed by atoms with van der Waals surface area (Å²) in [5.74, 6) is 0.170. The molecule has 0 radical (unpaired) electrons. The fourth-order valence-electron chi connectivity index (χ4n) is 3.13. The second-order valence-electron chi connectivity index (χ2n) is 7.06. The van der Waals surface area contributed by atoms with Crippen LogP contribution in [0.1, 0.15) is 16.7 Å². The molecule has 0 aliphatic rings. The fraction of sp³-hybridized carbons (Fsp3) is 0.250. The zero-order valence-corrected chi connectivity index (χ0v) is 17.0. The Morgan fingerprint density at radius 2 is 1.69 bits per heavy atom. The molecule has 3 aromatic rings. The summed E-state index contributed by atoms with van der Waals surface area (Å²) in [7, 11) is 3.35. The molecule has 29 heavy (non-hydrogen) atoms. The first-order chi connectivity index (χ1) is 14.0. The van der Waals surface area contributed by atoms with Crippen LogP contribution in [0.25, 0.3) is 10.8 Å². The topological polar surface area (TPSA) is 55.8 Å². The smallest absolute Gasteiger partial charge is 0.310 e. The molecule has 0 heterocycles. The molecule has 0 atom stereocenters. The lowest BCUT2D eigenvalue weighted by atomic mass is 10.1. The van der Waals surface area contributed by atoms with Crippen molar-refractivity contribution in [2.24, 2.45) is 0 Å². The van der Waals surface area contributed by atoms with Crippen LogP contribution in [-0.2, 0) is 27.3 Å². The molecule has 0 aromatic heterocycles. The van der Waals surface area contributed by atoms with E-state index in [1.807, 2.05) is 67.6 Å². The third kappa shape index (κ3) is 5.35. The maximum atomic E-state index is 12.4. The number of aryl methyl sites for hydroxylation is 1. The third-order valence-corrected chi connectivity index (χ3v) is 4.91. The van der Waals surface area contributed by atoms with Crippen LogP contribution in [0.5, 0.6) is 5.75 Å². The Balaban J connectivity index is 1.54. The average Bonchev–Trinajstić information content (AvgIpc) is 2.73. The second-order valence-corrected chi connectivity index (χ2v) is 7.06. The fourth-order valence-corrected chi connectivity index (χ4v) is 3.13. The predicted molar refractivity (Wildman–Crippen MR) is 113 cm³/mol. The number of rotatable bonds is 7. The number of fused-ring (bicyclic) bond motifs is 1. The van der Waals surface area contributed by atoms with Gasteiger partial charge < -0.3 is 14.4 Å². The molecule has 0 bridgehead atoms. The number of hydrogen-bond donors (Lipinski definition) is 0. The van der Waals surface area contributed by atoms with Crippen LogP contribution >= 0.6 is 0 Å². The first-order valence-corrected chi connectivity index (χ1v) is 9.47. The molecule has 150 valence electrons. The van der Waals surface area contributed by atoms with Gasteiger partial charge in [0.15, 0.2) is 6.61 Å². The SMILES string of the molecule is COc1ccc2cc(CN(C)C(=O)COC(=O)Cc3ccccc3C)ccc2c1. The van der Waals surface area contributed by atoms with E-state index in [9.17, 15) is 9.59 Å². The van der Waals surface area contributed by atoms with Gasteiger partial charge in [0.2, 0.25) is 0 Å². The predicted octanol–water partition coefficient (Wildman–Crippen LogP) is 3.90. The van der Waals surface area contributed by atoms with E-state index in [2.05, 4.69) is 0 Å². The lowest BCUT2D eigenvalue weighted by molar-refractivity contribution is -0.151. The lowest BCUT2D eigenvalue weighted by Crippen LogP contribution is -2.31. The van der Waals surface area contributed by atoms with Gasteiger partial charge in [-0.3, -0.25) is 9.59 Å². The summed E-state index contributed by atoms with van der Waals surface area (Å²) in [6.45, 7) is 2.13. The Labute approximate surface area is 170 Å². The summed E-state index contributed by atoms with van der Waals surface area (Å²) < 4.78 is 10.4. The van der Waals surface area contributed by atoms with Gasteiger partial charge in [0.1, 0.15) is 5.75 Å². The molecule has 0 saturated carbocycles. The monoisotopic (exact) mass is 391 g/mol. The zero-order valence-electron chi connectivity index (χ0n) is 17.0. The van der Waals surface area contributed by atoms with Crippen molar-refractivity contribution in [3.05, 3.63) is 77.4 Å². The van der Waals surface area contributed by atoms with Crippen LogP contribution in [0.3, 0.4) is 0 Å². The van der Waals surface area contributed by atoms with Gasteiger partial charge in [-0.15, -0.1) is 0 Å². The Morgan fingerprint density at radius 1 is 0.966 bits per heavy atom. The van der Waals surface area contributed by atoms with E-state index in [0.717, 1.165) is 33.2 Å². The summed E-state index contributed by atoms with van der Waals surface area (Å²) in [4.78, 5) is 26.0. The van der Waals surface area contributed by atoms with E-state index >= 15 is 0 Å². The van der Waals surface area contributed by atoms with Crippen molar-refractivity contribution in [3.63, 3.8) is 0 Å². The minimum Gasteiger partial charge on any atom is -0.497 e. The minimum absolute atomic E-state index is 0.164. The molecule has 0 unspecified atom stereocenters. The Hall–Kier alpha value is -3.34. The van der Waals surface area contributed by atoms with Gasteiger partial charge in [-0.2, -0.15) is 0 Å². The van der Waals surface area contributed by atoms with Crippen molar-refractivity contribution >= 4 is 22.6 Å². The molecule has 0 aliphatic heterocycles. The van der Waals surface area contributed by atoms with Crippen molar-refractivity contribution < 1.29 is 19.1 Å². The van der Waals surface area contributed by atoms with Crippen LogP contribution in [0, 0.1) is 6.92 Å². The quantitative estimate of drug-likeness (QED) is 0.573. The van der Waals surface area contributed by atoms with Gasteiger partial charge >= 0.3 is 5.97 Å². The number of likely N-dealkylation sites (N-methyl/N-ethyl adjacent to an activating group) is 1. The van der Waals surface area contributed by atoms with E-state index in [0.29, 0.717) is 6.54 Å². The molecule has 0 fully saturated rings. The first-order valence-electron chi connectivity index (χ1n) is 9.47. The van der Waals surface area contributed by atoms with Gasteiger partial charge in [-0.05, 0) is 52.6 Å². The molecule has 3 rings (SSSR count). The number of ether oxygens (including phenoxy) is 2. The summed E-state index contributed by atoms with van der Waals surface area (Å²) in [5, 5.41) is 2.15. The van der Waals surface area contributed by atoms with Crippen molar-refractivity contribution in [2.75, 3.05) is 20.8 Å². The number of methoxy groups -OCH3 is 1. The van der Waals surface area contributed by atoms with E-state index in [4.69, 9.17) is 9.47 Å². The number of amides is 1. The average molecular weight is 391 g/mol. The molecular weight excluding hydrogens is 366 g/mol. The minimum atomic E-state index is -0.402. The van der Waals surface area contributed by atoms with Gasteiger partial charge in [-0.1, -0.05) is 42.5 Å². The van der Waals surface area contributed by atoms with Gasteiger partial charge in [0, 0.05) is 13.6 Å². The van der Waals surface area contributed by atoms with Crippen molar-refractivity contribution in [3.8, 4) is 5.75 Å². The molecule has 3 aromatic carbocycles. The Morgan fingerprint density at radius 3 is 2.45 bits per heavy atom. The van der Waals surface area contributed by atoms with Gasteiger partial charge in [0.05, 0.1) is 13.5 Å². The van der Waals surface area contributed by atoms with Crippen LogP contribution < -0.4 is 4.74 Å². The summed E-state index contributed by atoms with van der Waals surface area (Å²) in [6, 6.07) is 19.6. The number of carbonyl (C=O) groups excluding carboxylic acids is 2. The summed E-state index contributed by atoms with van der Waals surface area (Å²) in [5.41, 5.74) is 2.94. The molecule has 0 aliphatic carbocycles. The molecule has 0 saturated heterocycles. The maximum Gasteiger partial charge on any atom is 0.310 e. The number of nitrogens with zero attached hydrogens (tertiary/aromatic N) is 1. The lowest BCUT2D eigenvalue weighted by Gasteiger charge is -2.18. The van der Waals surface area contributed by atoms with E-state index in [1.54, 1.807) is 19.1 Å². The number of benzene rings is 3. The molecule has 0 N–H and O–H groups in total. The van der Waals surface area contributed by atoms with E-state index in [-0.39, 0.29) is 18.9 Å². The molecule has 1 amide bonds.